The minimum Gasteiger partial charge on any atom is -0.490 e. The number of fused-ring (bicyclic) bond motifs is 2. The zero-order chi connectivity index (χ0) is 20.7. The molecule has 0 aliphatic carbocycles. The van der Waals surface area contributed by atoms with Gasteiger partial charge in [-0.25, -0.2) is 14.4 Å². The van der Waals surface area contributed by atoms with Gasteiger partial charge >= 0.3 is 5.69 Å². The van der Waals surface area contributed by atoms with Crippen molar-refractivity contribution in [3.05, 3.63) is 70.7 Å². The van der Waals surface area contributed by atoms with Gasteiger partial charge in [0.05, 0.1) is 29.3 Å². The molecule has 0 radical (unpaired) electrons. The van der Waals surface area contributed by atoms with E-state index in [1.807, 2.05) is 0 Å². The van der Waals surface area contributed by atoms with Crippen molar-refractivity contribution in [2.45, 2.75) is 12.5 Å². The van der Waals surface area contributed by atoms with E-state index in [2.05, 4.69) is 25.3 Å². The van der Waals surface area contributed by atoms with Crippen LogP contribution in [0.1, 0.15) is 18.0 Å². The summed E-state index contributed by atoms with van der Waals surface area (Å²) < 4.78 is 21.1. The number of para-hydroxylation sites is 1. The minimum atomic E-state index is -0.562. The standard InChI is InChI=1S/C19H14FN7O3/c20-12-3-1-2-11-13(5-7-30-17(11)12)24-18-16(27(28)29)9-22-19(25-18)26-10-23-14-8-21-6-4-15(14)26/h1-4,6,8-10,13H,5,7H2,(H,22,24,25)/t13-/m1/s1. The smallest absolute Gasteiger partial charge is 0.329 e. The van der Waals surface area contributed by atoms with E-state index in [-0.39, 0.29) is 29.8 Å². The molecule has 1 aromatic carbocycles. The molecule has 0 bridgehead atoms. The number of nitrogens with zero attached hydrogens (tertiary/aromatic N) is 6. The lowest BCUT2D eigenvalue weighted by Crippen LogP contribution is -2.22. The molecule has 3 aromatic heterocycles. The third-order valence-electron chi connectivity index (χ3n) is 4.86. The number of pyridine rings is 1. The molecular weight excluding hydrogens is 393 g/mol. The molecule has 0 spiro atoms. The van der Waals surface area contributed by atoms with Gasteiger partial charge in [0.1, 0.15) is 18.0 Å². The summed E-state index contributed by atoms with van der Waals surface area (Å²) >= 11 is 0. The molecule has 30 heavy (non-hydrogen) atoms. The highest BCUT2D eigenvalue weighted by Gasteiger charge is 2.27. The molecule has 4 aromatic rings. The van der Waals surface area contributed by atoms with Crippen LogP contribution < -0.4 is 10.1 Å². The van der Waals surface area contributed by atoms with Gasteiger partial charge in [-0.2, -0.15) is 4.98 Å². The highest BCUT2D eigenvalue weighted by Crippen LogP contribution is 2.37. The number of hydrogen-bond acceptors (Lipinski definition) is 8. The first kappa shape index (κ1) is 17.9. The summed E-state index contributed by atoms with van der Waals surface area (Å²) in [6.45, 7) is 0.274. The summed E-state index contributed by atoms with van der Waals surface area (Å²) in [6, 6.07) is 5.95. The van der Waals surface area contributed by atoms with Gasteiger partial charge in [-0.1, -0.05) is 12.1 Å². The molecule has 0 fully saturated rings. The van der Waals surface area contributed by atoms with Crippen molar-refractivity contribution in [2.75, 3.05) is 11.9 Å². The molecular formula is C19H14FN7O3. The third-order valence-corrected chi connectivity index (χ3v) is 4.86. The maximum absolute atomic E-state index is 14.1. The number of ether oxygens (including phenoxy) is 1. The topological polar surface area (TPSA) is 121 Å². The lowest BCUT2D eigenvalue weighted by molar-refractivity contribution is -0.384. The number of aromatic nitrogens is 5. The van der Waals surface area contributed by atoms with Crippen molar-refractivity contribution in [3.63, 3.8) is 0 Å². The zero-order valence-electron chi connectivity index (χ0n) is 15.4. The van der Waals surface area contributed by atoms with Gasteiger partial charge in [0.25, 0.3) is 0 Å². The van der Waals surface area contributed by atoms with E-state index in [1.165, 1.54) is 12.4 Å². The fourth-order valence-electron chi connectivity index (χ4n) is 3.45. The molecule has 1 atom stereocenters. The predicted octanol–water partition coefficient (Wildman–Crippen LogP) is 3.19. The number of halogens is 1. The molecule has 5 rings (SSSR count). The summed E-state index contributed by atoms with van der Waals surface area (Å²) in [6.07, 6.45) is 6.37. The van der Waals surface area contributed by atoms with Gasteiger partial charge in [0, 0.05) is 18.2 Å². The molecule has 0 saturated carbocycles. The quantitative estimate of drug-likeness (QED) is 0.404. The molecule has 11 heteroatoms. The maximum Gasteiger partial charge on any atom is 0.329 e. The number of nitro groups is 1. The average molecular weight is 407 g/mol. The van der Waals surface area contributed by atoms with Gasteiger partial charge in [-0.3, -0.25) is 19.7 Å². The fraction of sp³-hybridized carbons (Fsp3) is 0.158. The van der Waals surface area contributed by atoms with E-state index in [9.17, 15) is 14.5 Å². The van der Waals surface area contributed by atoms with Crippen molar-refractivity contribution in [3.8, 4) is 11.7 Å². The fourth-order valence-corrected chi connectivity index (χ4v) is 3.45. The lowest BCUT2D eigenvalue weighted by Gasteiger charge is -2.27. The van der Waals surface area contributed by atoms with Crippen LogP contribution in [0.5, 0.6) is 5.75 Å². The summed E-state index contributed by atoms with van der Waals surface area (Å²) in [5.74, 6) is -0.0898. The molecule has 10 nitrogen and oxygen atoms in total. The van der Waals surface area contributed by atoms with Gasteiger partial charge in [0.15, 0.2) is 11.6 Å². The first-order chi connectivity index (χ1) is 14.6. The SMILES string of the molecule is O=[N+]([O-])c1cnc(-n2cnc3cnccc32)nc1N[C@@H]1CCOc2c(F)cccc21. The predicted molar refractivity (Wildman–Crippen MR) is 104 cm³/mol. The van der Waals surface area contributed by atoms with E-state index in [0.717, 1.165) is 6.20 Å². The highest BCUT2D eigenvalue weighted by atomic mass is 19.1. The van der Waals surface area contributed by atoms with Crippen LogP contribution in [0.3, 0.4) is 0 Å². The highest BCUT2D eigenvalue weighted by molar-refractivity contribution is 5.75. The molecule has 4 heterocycles. The Kier molecular flexibility index (Phi) is 4.20. The second kappa shape index (κ2) is 7.03. The Bertz CT molecular complexity index is 1280. The average Bonchev–Trinajstić information content (AvgIpc) is 3.18. The zero-order valence-corrected chi connectivity index (χ0v) is 15.4. The van der Waals surface area contributed by atoms with Gasteiger partial charge in [0.2, 0.25) is 11.8 Å². The minimum absolute atomic E-state index is 0.0306. The van der Waals surface area contributed by atoms with Crippen molar-refractivity contribution in [1.29, 1.82) is 0 Å². The Labute approximate surface area is 168 Å². The first-order valence-electron chi connectivity index (χ1n) is 9.08. The first-order valence-corrected chi connectivity index (χ1v) is 9.08. The molecule has 0 saturated heterocycles. The van der Waals surface area contributed by atoms with E-state index in [0.29, 0.717) is 23.0 Å². The van der Waals surface area contributed by atoms with Crippen LogP contribution in [0.4, 0.5) is 15.9 Å². The number of rotatable bonds is 4. The van der Waals surface area contributed by atoms with E-state index in [1.54, 1.807) is 35.2 Å². The second-order valence-electron chi connectivity index (χ2n) is 6.63. The van der Waals surface area contributed by atoms with Crippen LogP contribution in [0.25, 0.3) is 17.0 Å². The Morgan fingerprint density at radius 3 is 3.03 bits per heavy atom. The normalized spacial score (nSPS) is 15.4. The number of imidazole rings is 1. The van der Waals surface area contributed by atoms with Gasteiger partial charge < -0.3 is 10.1 Å². The molecule has 0 amide bonds. The second-order valence-corrected chi connectivity index (χ2v) is 6.63. The van der Waals surface area contributed by atoms with Gasteiger partial charge in [-0.05, 0) is 12.1 Å². The van der Waals surface area contributed by atoms with Gasteiger partial charge in [-0.15, -0.1) is 0 Å². The largest absolute Gasteiger partial charge is 0.490 e. The molecule has 1 aliphatic heterocycles. The van der Waals surface area contributed by atoms with Crippen molar-refractivity contribution in [1.82, 2.24) is 24.5 Å². The van der Waals surface area contributed by atoms with Crippen LogP contribution in [-0.4, -0.2) is 36.0 Å². The van der Waals surface area contributed by atoms with Crippen LogP contribution in [0, 0.1) is 15.9 Å². The number of anilines is 1. The van der Waals surface area contributed by atoms with Crippen LogP contribution in [-0.2, 0) is 0 Å². The number of benzene rings is 1. The van der Waals surface area contributed by atoms with E-state index >= 15 is 0 Å². The van der Waals surface area contributed by atoms with E-state index < -0.39 is 16.8 Å². The van der Waals surface area contributed by atoms with Crippen molar-refractivity contribution >= 4 is 22.5 Å². The summed E-state index contributed by atoms with van der Waals surface area (Å²) in [7, 11) is 0. The Morgan fingerprint density at radius 1 is 1.27 bits per heavy atom. The summed E-state index contributed by atoms with van der Waals surface area (Å²) in [5.41, 5.74) is 1.65. The molecule has 150 valence electrons. The lowest BCUT2D eigenvalue weighted by atomic mass is 10.0. The third kappa shape index (κ3) is 2.96. The van der Waals surface area contributed by atoms with Crippen molar-refractivity contribution in [2.24, 2.45) is 0 Å². The summed E-state index contributed by atoms with van der Waals surface area (Å²) in [5, 5.41) is 14.6. The number of nitrogens with one attached hydrogen (secondary N) is 1. The molecule has 1 N–H and O–H groups in total. The maximum atomic E-state index is 14.1. The van der Waals surface area contributed by atoms with E-state index in [4.69, 9.17) is 4.74 Å². The Morgan fingerprint density at radius 2 is 2.17 bits per heavy atom. The Hall–Kier alpha value is -4.15. The van der Waals surface area contributed by atoms with Crippen molar-refractivity contribution < 1.29 is 14.1 Å². The Balaban J connectivity index is 1.58. The number of hydrogen-bond donors (Lipinski definition) is 1. The molecule has 0 unspecified atom stereocenters. The summed E-state index contributed by atoms with van der Waals surface area (Å²) in [4.78, 5) is 27.8. The monoisotopic (exact) mass is 407 g/mol. The van der Waals surface area contributed by atoms with Crippen LogP contribution in [0.2, 0.25) is 0 Å². The molecule has 1 aliphatic rings. The van der Waals surface area contributed by atoms with Crippen LogP contribution in [0.15, 0.2) is 49.2 Å². The van der Waals surface area contributed by atoms with Crippen LogP contribution >= 0.6 is 0 Å².